The number of benzene rings is 2. The van der Waals surface area contributed by atoms with Crippen molar-refractivity contribution in [3.8, 4) is 0 Å². The van der Waals surface area contributed by atoms with Crippen LogP contribution in [0.4, 0.5) is 0 Å². The van der Waals surface area contributed by atoms with Gasteiger partial charge in [-0.25, -0.2) is 0 Å². The fourth-order valence-electron chi connectivity index (χ4n) is 3.75. The van der Waals surface area contributed by atoms with E-state index in [0.29, 0.717) is 19.5 Å². The molecule has 5 nitrogen and oxygen atoms in total. The minimum absolute atomic E-state index is 0.0727. The summed E-state index contributed by atoms with van der Waals surface area (Å²) in [6.45, 7) is 0.985. The van der Waals surface area contributed by atoms with Gasteiger partial charge in [-0.2, -0.15) is 0 Å². The number of hydrogen-bond donors (Lipinski definition) is 1. The lowest BCUT2D eigenvalue weighted by Crippen LogP contribution is -2.31. The van der Waals surface area contributed by atoms with Crippen LogP contribution in [0, 0.1) is 0 Å². The van der Waals surface area contributed by atoms with Gasteiger partial charge in [0.2, 0.25) is 5.91 Å². The number of likely N-dealkylation sites (N-methyl/N-ethyl adjacent to an activating group) is 1. The van der Waals surface area contributed by atoms with E-state index in [1.165, 1.54) is 5.56 Å². The van der Waals surface area contributed by atoms with E-state index in [2.05, 4.69) is 24.3 Å². The molecule has 31 heavy (non-hydrogen) atoms. The Hall–Kier alpha value is -3.34. The number of amides is 1. The van der Waals surface area contributed by atoms with Crippen LogP contribution in [0.3, 0.4) is 0 Å². The van der Waals surface area contributed by atoms with Crippen molar-refractivity contribution in [1.29, 1.82) is 0 Å². The second-order valence-electron chi connectivity index (χ2n) is 7.99. The molecule has 3 rings (SSSR count). The summed E-state index contributed by atoms with van der Waals surface area (Å²) in [7, 11) is 1.84. The normalized spacial score (nSPS) is 11.8. The van der Waals surface area contributed by atoms with Crippen LogP contribution in [0.1, 0.15) is 35.4 Å². The summed E-state index contributed by atoms with van der Waals surface area (Å²) in [5, 5.41) is 9.10. The van der Waals surface area contributed by atoms with E-state index >= 15 is 0 Å². The lowest BCUT2D eigenvalue weighted by Gasteiger charge is -2.18. The Morgan fingerprint density at radius 1 is 0.968 bits per heavy atom. The van der Waals surface area contributed by atoms with Crippen LogP contribution in [0.2, 0.25) is 0 Å². The molecule has 1 amide bonds. The fourth-order valence-corrected chi connectivity index (χ4v) is 3.75. The third kappa shape index (κ3) is 7.14. The van der Waals surface area contributed by atoms with Crippen LogP contribution in [0.25, 0.3) is 0 Å². The number of rotatable bonds is 11. The molecule has 162 valence electrons. The molecule has 5 heteroatoms. The van der Waals surface area contributed by atoms with Gasteiger partial charge in [0.1, 0.15) is 6.54 Å². The summed E-state index contributed by atoms with van der Waals surface area (Å²) in [6, 6.07) is 22.2. The summed E-state index contributed by atoms with van der Waals surface area (Å²) in [5.41, 5.74) is 3.48. The van der Waals surface area contributed by atoms with Crippen molar-refractivity contribution in [2.75, 3.05) is 13.6 Å². The highest BCUT2D eigenvalue weighted by Crippen LogP contribution is 2.26. The second-order valence-corrected chi connectivity index (χ2v) is 7.99. The number of carboxylic acid groups (broad SMARTS) is 1. The Morgan fingerprint density at radius 3 is 2.32 bits per heavy atom. The van der Waals surface area contributed by atoms with Crippen LogP contribution in [-0.4, -0.2) is 40.0 Å². The molecule has 0 spiro atoms. The van der Waals surface area contributed by atoms with Crippen molar-refractivity contribution in [3.05, 3.63) is 95.8 Å². The number of hydrogen-bond acceptors (Lipinski definition) is 2. The minimum atomic E-state index is -0.775. The van der Waals surface area contributed by atoms with E-state index in [0.717, 1.165) is 24.0 Å². The van der Waals surface area contributed by atoms with Crippen molar-refractivity contribution in [1.82, 2.24) is 9.47 Å². The topological polar surface area (TPSA) is 62.5 Å². The Morgan fingerprint density at radius 2 is 1.65 bits per heavy atom. The Labute approximate surface area is 183 Å². The molecular formula is C26H30N2O3. The maximum absolute atomic E-state index is 12.6. The first-order valence-corrected chi connectivity index (χ1v) is 10.7. The zero-order valence-corrected chi connectivity index (χ0v) is 18.0. The molecule has 3 aromatic rings. The number of carboxylic acids is 1. The van der Waals surface area contributed by atoms with Crippen LogP contribution < -0.4 is 0 Å². The summed E-state index contributed by atoms with van der Waals surface area (Å²) in [6.07, 6.45) is 6.25. The van der Waals surface area contributed by atoms with Gasteiger partial charge < -0.3 is 14.6 Å². The Bertz CT molecular complexity index is 967. The summed E-state index contributed by atoms with van der Waals surface area (Å²) in [5.74, 6) is -0.566. The molecule has 0 fully saturated rings. The molecule has 1 atom stereocenters. The van der Waals surface area contributed by atoms with Gasteiger partial charge in [0.05, 0.1) is 0 Å². The molecule has 0 aliphatic heterocycles. The number of carbonyl (C=O) groups excluding carboxylic acids is 1. The Kier molecular flexibility index (Phi) is 8.05. The fraction of sp³-hybridized carbons (Fsp3) is 0.308. The highest BCUT2D eigenvalue weighted by Gasteiger charge is 2.16. The van der Waals surface area contributed by atoms with Gasteiger partial charge in [0, 0.05) is 32.4 Å². The van der Waals surface area contributed by atoms with Gasteiger partial charge in [-0.1, -0.05) is 60.7 Å². The molecular weight excluding hydrogens is 388 g/mol. The monoisotopic (exact) mass is 418 g/mol. The maximum atomic E-state index is 12.6. The number of nitrogens with zero attached hydrogens (tertiary/aromatic N) is 2. The molecule has 0 bridgehead atoms. The highest BCUT2D eigenvalue weighted by atomic mass is 16.4. The molecule has 1 heterocycles. The first-order valence-electron chi connectivity index (χ1n) is 10.7. The zero-order chi connectivity index (χ0) is 22.1. The van der Waals surface area contributed by atoms with E-state index < -0.39 is 5.97 Å². The average molecular weight is 419 g/mol. The summed E-state index contributed by atoms with van der Waals surface area (Å²) < 4.78 is 1.91. The number of carbonyl (C=O) groups is 2. The third-order valence-electron chi connectivity index (χ3n) is 5.59. The van der Waals surface area contributed by atoms with Crippen LogP contribution >= 0.6 is 0 Å². The average Bonchev–Trinajstić information content (AvgIpc) is 3.22. The Balaban J connectivity index is 1.56. The quantitative estimate of drug-likeness (QED) is 0.503. The van der Waals surface area contributed by atoms with Gasteiger partial charge >= 0.3 is 5.97 Å². The van der Waals surface area contributed by atoms with E-state index in [1.807, 2.05) is 66.5 Å². The van der Waals surface area contributed by atoms with Crippen LogP contribution in [-0.2, 0) is 29.0 Å². The SMILES string of the molecule is CN(CCc1ccccc1)C(=O)Cn1ccc(CC(CCC(=O)O)c2ccccc2)c1. The lowest BCUT2D eigenvalue weighted by molar-refractivity contribution is -0.137. The molecule has 1 unspecified atom stereocenters. The molecule has 0 aliphatic rings. The predicted molar refractivity (Wildman–Crippen MR) is 122 cm³/mol. The van der Waals surface area contributed by atoms with Gasteiger partial charge in [-0.3, -0.25) is 9.59 Å². The van der Waals surface area contributed by atoms with Crippen molar-refractivity contribution < 1.29 is 14.7 Å². The molecule has 0 aliphatic carbocycles. The van der Waals surface area contributed by atoms with E-state index in [4.69, 9.17) is 5.11 Å². The predicted octanol–water partition coefficient (Wildman–Crippen LogP) is 4.38. The van der Waals surface area contributed by atoms with Crippen LogP contribution in [0.15, 0.2) is 79.1 Å². The number of aliphatic carboxylic acids is 1. The van der Waals surface area contributed by atoms with Crippen LogP contribution in [0.5, 0.6) is 0 Å². The lowest BCUT2D eigenvalue weighted by atomic mass is 9.89. The second kappa shape index (κ2) is 11.2. The number of aromatic nitrogens is 1. The van der Waals surface area contributed by atoms with Crippen molar-refractivity contribution >= 4 is 11.9 Å². The third-order valence-corrected chi connectivity index (χ3v) is 5.59. The van der Waals surface area contributed by atoms with Gasteiger partial charge in [-0.05, 0) is 47.9 Å². The molecule has 0 saturated heterocycles. The first kappa shape index (κ1) is 22.3. The summed E-state index contributed by atoms with van der Waals surface area (Å²) in [4.78, 5) is 25.4. The van der Waals surface area contributed by atoms with Gasteiger partial charge in [0.25, 0.3) is 0 Å². The van der Waals surface area contributed by atoms with Crippen molar-refractivity contribution in [2.24, 2.45) is 0 Å². The molecule has 0 radical (unpaired) electrons. The van der Waals surface area contributed by atoms with Gasteiger partial charge in [0.15, 0.2) is 0 Å². The standard InChI is InChI=1S/C26H30N2O3/c1-27(16-14-21-8-4-2-5-9-21)25(29)20-28-17-15-22(19-28)18-24(12-13-26(30)31)23-10-6-3-7-11-23/h2-11,15,17,19,24H,12-14,16,18,20H2,1H3,(H,30,31). The van der Waals surface area contributed by atoms with E-state index in [1.54, 1.807) is 4.90 Å². The maximum Gasteiger partial charge on any atom is 0.303 e. The molecule has 1 aromatic heterocycles. The smallest absolute Gasteiger partial charge is 0.303 e. The molecule has 1 N–H and O–H groups in total. The van der Waals surface area contributed by atoms with Crippen molar-refractivity contribution in [3.63, 3.8) is 0 Å². The van der Waals surface area contributed by atoms with Gasteiger partial charge in [-0.15, -0.1) is 0 Å². The summed E-state index contributed by atoms with van der Waals surface area (Å²) >= 11 is 0. The minimum Gasteiger partial charge on any atom is -0.481 e. The van der Waals surface area contributed by atoms with E-state index in [-0.39, 0.29) is 18.2 Å². The van der Waals surface area contributed by atoms with E-state index in [9.17, 15) is 9.59 Å². The first-order chi connectivity index (χ1) is 15.0. The zero-order valence-electron chi connectivity index (χ0n) is 18.0. The van der Waals surface area contributed by atoms with Crippen molar-refractivity contribution in [2.45, 2.75) is 38.1 Å². The molecule has 2 aromatic carbocycles. The highest BCUT2D eigenvalue weighted by molar-refractivity contribution is 5.75. The molecule has 0 saturated carbocycles. The largest absolute Gasteiger partial charge is 0.481 e.